The first-order chi connectivity index (χ1) is 8.10. The summed E-state index contributed by atoms with van der Waals surface area (Å²) in [4.78, 5) is 12.1. The molecule has 3 heteroatoms. The van der Waals surface area contributed by atoms with E-state index in [4.69, 9.17) is 11.6 Å². The van der Waals surface area contributed by atoms with Crippen LogP contribution in [0.5, 0.6) is 0 Å². The van der Waals surface area contributed by atoms with Gasteiger partial charge in [-0.2, -0.15) is 0 Å². The summed E-state index contributed by atoms with van der Waals surface area (Å²) in [6.07, 6.45) is 1.47. The fraction of sp³-hybridized carbons (Fsp3) is 0.500. The maximum absolute atomic E-state index is 12.1. The third-order valence-corrected chi connectivity index (χ3v) is 3.85. The standard InChI is InChI=1S/C14H17ClO2/c1-8-5-10-6-11(7-16)14(17)13(10)9(2)12(8)3-4-15/h5,11,16H,3-4,6-7H2,1-2H3/t11-/m1/s1. The molecule has 0 aliphatic heterocycles. The molecule has 0 radical (unpaired) electrons. The molecule has 0 saturated carbocycles. The van der Waals surface area contributed by atoms with E-state index in [0.717, 1.165) is 23.1 Å². The molecule has 2 rings (SSSR count). The van der Waals surface area contributed by atoms with Crippen LogP contribution in [0.15, 0.2) is 6.07 Å². The van der Waals surface area contributed by atoms with Crippen LogP contribution < -0.4 is 0 Å². The molecule has 2 nitrogen and oxygen atoms in total. The monoisotopic (exact) mass is 252 g/mol. The van der Waals surface area contributed by atoms with Crippen molar-refractivity contribution in [1.82, 2.24) is 0 Å². The molecule has 1 aliphatic rings. The second-order valence-corrected chi connectivity index (χ2v) is 5.10. The van der Waals surface area contributed by atoms with Crippen LogP contribution >= 0.6 is 11.6 Å². The van der Waals surface area contributed by atoms with Gasteiger partial charge in [-0.1, -0.05) is 6.07 Å². The maximum Gasteiger partial charge on any atom is 0.169 e. The first-order valence-electron chi connectivity index (χ1n) is 5.93. The van der Waals surface area contributed by atoms with Crippen molar-refractivity contribution >= 4 is 17.4 Å². The highest BCUT2D eigenvalue weighted by Crippen LogP contribution is 2.33. The van der Waals surface area contributed by atoms with Crippen LogP contribution in [0.25, 0.3) is 0 Å². The van der Waals surface area contributed by atoms with Gasteiger partial charge in [0.2, 0.25) is 0 Å². The lowest BCUT2D eigenvalue weighted by Gasteiger charge is -2.12. The van der Waals surface area contributed by atoms with Crippen molar-refractivity contribution in [1.29, 1.82) is 0 Å². The summed E-state index contributed by atoms with van der Waals surface area (Å²) in [5, 5.41) is 9.20. The minimum Gasteiger partial charge on any atom is -0.396 e. The summed E-state index contributed by atoms with van der Waals surface area (Å²) < 4.78 is 0. The van der Waals surface area contributed by atoms with Gasteiger partial charge in [0, 0.05) is 17.4 Å². The molecule has 0 unspecified atom stereocenters. The van der Waals surface area contributed by atoms with Crippen LogP contribution in [0.4, 0.5) is 0 Å². The van der Waals surface area contributed by atoms with E-state index < -0.39 is 0 Å². The van der Waals surface area contributed by atoms with E-state index in [0.29, 0.717) is 12.3 Å². The van der Waals surface area contributed by atoms with Gasteiger partial charge in [-0.05, 0) is 48.9 Å². The lowest BCUT2D eigenvalue weighted by Crippen LogP contribution is -2.14. The predicted molar refractivity (Wildman–Crippen MR) is 69.0 cm³/mol. The first kappa shape index (κ1) is 12.6. The van der Waals surface area contributed by atoms with Crippen LogP contribution in [0, 0.1) is 19.8 Å². The summed E-state index contributed by atoms with van der Waals surface area (Å²) in [5.74, 6) is 0.420. The third-order valence-electron chi connectivity index (χ3n) is 3.66. The molecule has 0 saturated heterocycles. The molecule has 0 amide bonds. The molecule has 1 atom stereocenters. The van der Waals surface area contributed by atoms with Crippen molar-refractivity contribution in [3.8, 4) is 0 Å². The molecule has 0 aromatic heterocycles. The van der Waals surface area contributed by atoms with Crippen LogP contribution in [0.2, 0.25) is 0 Å². The number of Topliss-reactive ketones (excluding diaryl/α,β-unsaturated/α-hetero) is 1. The highest BCUT2D eigenvalue weighted by molar-refractivity contribution is 6.18. The zero-order valence-corrected chi connectivity index (χ0v) is 11.0. The SMILES string of the molecule is Cc1cc2c(c(C)c1CCCl)C(=O)[C@@H](CO)C2. The van der Waals surface area contributed by atoms with Crippen molar-refractivity contribution in [2.75, 3.05) is 12.5 Å². The van der Waals surface area contributed by atoms with Crippen LogP contribution in [0.1, 0.15) is 32.6 Å². The molecule has 0 spiro atoms. The summed E-state index contributed by atoms with van der Waals surface area (Å²) in [7, 11) is 0. The number of hydrogen-bond acceptors (Lipinski definition) is 2. The second-order valence-electron chi connectivity index (χ2n) is 4.72. The van der Waals surface area contributed by atoms with Crippen LogP contribution in [-0.4, -0.2) is 23.4 Å². The number of benzene rings is 1. The van der Waals surface area contributed by atoms with Crippen LogP contribution in [0.3, 0.4) is 0 Å². The first-order valence-corrected chi connectivity index (χ1v) is 6.46. The predicted octanol–water partition coefficient (Wildman–Crippen LogP) is 2.43. The lowest BCUT2D eigenvalue weighted by atomic mass is 9.92. The summed E-state index contributed by atoms with van der Waals surface area (Å²) in [6.45, 7) is 3.99. The van der Waals surface area contributed by atoms with Gasteiger partial charge in [0.15, 0.2) is 5.78 Å². The van der Waals surface area contributed by atoms with Gasteiger partial charge in [-0.25, -0.2) is 0 Å². The quantitative estimate of drug-likeness (QED) is 0.839. The Hall–Kier alpha value is -0.860. The average Bonchev–Trinajstić information content (AvgIpc) is 2.61. The molecule has 0 fully saturated rings. The number of hydrogen-bond donors (Lipinski definition) is 1. The molecule has 0 bridgehead atoms. The summed E-state index contributed by atoms with van der Waals surface area (Å²) in [6, 6.07) is 2.08. The van der Waals surface area contributed by atoms with Gasteiger partial charge in [0.1, 0.15) is 0 Å². The van der Waals surface area contributed by atoms with Crippen LogP contribution in [-0.2, 0) is 12.8 Å². The van der Waals surface area contributed by atoms with E-state index in [1.54, 1.807) is 0 Å². The normalized spacial score (nSPS) is 18.6. The van der Waals surface area contributed by atoms with E-state index in [9.17, 15) is 9.90 Å². The van der Waals surface area contributed by atoms with E-state index in [-0.39, 0.29) is 18.3 Å². The number of aliphatic hydroxyl groups excluding tert-OH is 1. The summed E-state index contributed by atoms with van der Waals surface area (Å²) >= 11 is 5.80. The van der Waals surface area contributed by atoms with Crippen molar-refractivity contribution in [3.05, 3.63) is 33.9 Å². The molecular formula is C14H17ClO2. The highest BCUT2D eigenvalue weighted by Gasteiger charge is 2.32. The number of rotatable bonds is 3. The molecule has 0 heterocycles. The summed E-state index contributed by atoms with van der Waals surface area (Å²) in [5.41, 5.74) is 5.36. The lowest BCUT2D eigenvalue weighted by molar-refractivity contribution is 0.0882. The second kappa shape index (κ2) is 4.79. The molecule has 92 valence electrons. The molecular weight excluding hydrogens is 236 g/mol. The molecule has 1 aromatic carbocycles. The fourth-order valence-electron chi connectivity index (χ4n) is 2.80. The van der Waals surface area contributed by atoms with Crippen molar-refractivity contribution in [2.24, 2.45) is 5.92 Å². The van der Waals surface area contributed by atoms with Crippen molar-refractivity contribution in [2.45, 2.75) is 26.7 Å². The zero-order chi connectivity index (χ0) is 12.6. The molecule has 1 aromatic rings. The number of aliphatic hydroxyl groups is 1. The Bertz CT molecular complexity index is 466. The largest absolute Gasteiger partial charge is 0.396 e. The fourth-order valence-corrected chi connectivity index (χ4v) is 2.99. The van der Waals surface area contributed by atoms with E-state index >= 15 is 0 Å². The van der Waals surface area contributed by atoms with E-state index in [2.05, 4.69) is 13.0 Å². The molecule has 17 heavy (non-hydrogen) atoms. The zero-order valence-electron chi connectivity index (χ0n) is 10.2. The topological polar surface area (TPSA) is 37.3 Å². The Morgan fingerprint density at radius 2 is 2.18 bits per heavy atom. The average molecular weight is 253 g/mol. The van der Waals surface area contributed by atoms with Gasteiger partial charge in [0.25, 0.3) is 0 Å². The van der Waals surface area contributed by atoms with Gasteiger partial charge in [0.05, 0.1) is 6.61 Å². The minimum atomic E-state index is -0.241. The number of aryl methyl sites for hydroxylation is 1. The van der Waals surface area contributed by atoms with Gasteiger partial charge in [-0.15, -0.1) is 11.6 Å². The Kier molecular flexibility index (Phi) is 3.55. The molecule has 1 aliphatic carbocycles. The van der Waals surface area contributed by atoms with Gasteiger partial charge >= 0.3 is 0 Å². The maximum atomic E-state index is 12.1. The van der Waals surface area contributed by atoms with Gasteiger partial charge in [-0.3, -0.25) is 4.79 Å². The minimum absolute atomic E-state index is 0.0587. The smallest absolute Gasteiger partial charge is 0.169 e. The Labute approximate surface area is 107 Å². The van der Waals surface area contributed by atoms with E-state index in [1.165, 1.54) is 11.1 Å². The molecule has 1 N–H and O–H groups in total. The highest BCUT2D eigenvalue weighted by atomic mass is 35.5. The number of carbonyl (C=O) groups excluding carboxylic acids is 1. The number of fused-ring (bicyclic) bond motifs is 1. The number of ketones is 1. The van der Waals surface area contributed by atoms with Crippen molar-refractivity contribution < 1.29 is 9.90 Å². The number of carbonyl (C=O) groups is 1. The Morgan fingerprint density at radius 1 is 1.47 bits per heavy atom. The number of alkyl halides is 1. The number of halogens is 1. The third kappa shape index (κ3) is 2.00. The van der Waals surface area contributed by atoms with E-state index in [1.807, 2.05) is 6.92 Å². The Balaban J connectivity index is 2.53. The Morgan fingerprint density at radius 3 is 2.76 bits per heavy atom. The van der Waals surface area contributed by atoms with Gasteiger partial charge < -0.3 is 5.11 Å². The van der Waals surface area contributed by atoms with Crippen molar-refractivity contribution in [3.63, 3.8) is 0 Å².